The number of morpholine rings is 1. The quantitative estimate of drug-likeness (QED) is 0.368. The van der Waals surface area contributed by atoms with Gasteiger partial charge in [0.15, 0.2) is 0 Å². The molecule has 116 valence electrons. The molecule has 1 aliphatic heterocycles. The molecule has 0 aromatic carbocycles. The summed E-state index contributed by atoms with van der Waals surface area (Å²) in [4.78, 5) is 20.8. The predicted octanol–water partition coefficient (Wildman–Crippen LogP) is -0.277. The molecule has 1 aliphatic rings. The third-order valence-electron chi connectivity index (χ3n) is 3.19. The van der Waals surface area contributed by atoms with Gasteiger partial charge < -0.3 is 10.1 Å². The molecule has 21 heavy (non-hydrogen) atoms. The highest BCUT2D eigenvalue weighted by atomic mass is 16.6. The number of nitrogens with two attached hydrogens (primary N) is 1. The summed E-state index contributed by atoms with van der Waals surface area (Å²) in [5.74, 6) is 5.58. The van der Waals surface area contributed by atoms with E-state index in [0.717, 1.165) is 19.6 Å². The van der Waals surface area contributed by atoms with Crippen LogP contribution in [-0.2, 0) is 4.74 Å². The molecule has 1 saturated heterocycles. The lowest BCUT2D eigenvalue weighted by molar-refractivity contribution is -0.385. The van der Waals surface area contributed by atoms with Crippen molar-refractivity contribution in [2.24, 2.45) is 5.84 Å². The Balaban J connectivity index is 2.03. The molecule has 0 saturated carbocycles. The lowest BCUT2D eigenvalue weighted by Gasteiger charge is -2.26. The Morgan fingerprint density at radius 2 is 2.14 bits per heavy atom. The fourth-order valence-corrected chi connectivity index (χ4v) is 2.13. The number of hydrogen-bond acceptors (Lipinski definition) is 9. The molecule has 2 heterocycles. The zero-order chi connectivity index (χ0) is 15.2. The average Bonchev–Trinajstić information content (AvgIpc) is 2.47. The average molecular weight is 297 g/mol. The van der Waals surface area contributed by atoms with Crippen molar-refractivity contribution in [2.45, 2.75) is 6.92 Å². The maximum Gasteiger partial charge on any atom is 0.332 e. The maximum atomic E-state index is 11.1. The van der Waals surface area contributed by atoms with Crippen LogP contribution in [0, 0.1) is 17.0 Å². The van der Waals surface area contributed by atoms with E-state index in [9.17, 15) is 10.1 Å². The van der Waals surface area contributed by atoms with Gasteiger partial charge in [-0.2, -0.15) is 4.98 Å². The minimum absolute atomic E-state index is 0.129. The van der Waals surface area contributed by atoms with Gasteiger partial charge >= 0.3 is 5.69 Å². The third-order valence-corrected chi connectivity index (χ3v) is 3.19. The monoisotopic (exact) mass is 297 g/mol. The second-order valence-electron chi connectivity index (χ2n) is 4.61. The number of ether oxygens (including phenoxy) is 1. The topological polar surface area (TPSA) is 131 Å². The summed E-state index contributed by atoms with van der Waals surface area (Å²) in [5, 5.41) is 14.1. The van der Waals surface area contributed by atoms with E-state index < -0.39 is 4.92 Å². The molecule has 1 fully saturated rings. The van der Waals surface area contributed by atoms with E-state index in [1.165, 1.54) is 0 Å². The van der Waals surface area contributed by atoms with Gasteiger partial charge in [0.25, 0.3) is 0 Å². The zero-order valence-electron chi connectivity index (χ0n) is 11.8. The number of aryl methyl sites for hydroxylation is 1. The van der Waals surface area contributed by atoms with Gasteiger partial charge in [-0.3, -0.25) is 20.4 Å². The van der Waals surface area contributed by atoms with Crippen molar-refractivity contribution in [3.8, 4) is 0 Å². The molecule has 0 bridgehead atoms. The number of aromatic nitrogens is 2. The summed E-state index contributed by atoms with van der Waals surface area (Å²) in [6.45, 7) is 6.01. The predicted molar refractivity (Wildman–Crippen MR) is 77.0 cm³/mol. The lowest BCUT2D eigenvalue weighted by atomic mass is 10.3. The first-order valence-electron chi connectivity index (χ1n) is 6.65. The number of hydrogen-bond donors (Lipinski definition) is 3. The van der Waals surface area contributed by atoms with Crippen LogP contribution in [0.5, 0.6) is 0 Å². The summed E-state index contributed by atoms with van der Waals surface area (Å²) in [5.41, 5.74) is 2.43. The van der Waals surface area contributed by atoms with Crippen molar-refractivity contribution >= 4 is 17.5 Å². The Morgan fingerprint density at radius 3 is 2.76 bits per heavy atom. The zero-order valence-corrected chi connectivity index (χ0v) is 11.8. The van der Waals surface area contributed by atoms with Crippen LogP contribution in [0.2, 0.25) is 0 Å². The standard InChI is InChI=1S/C11H19N7O3/c1-8-9(18(19)20)10(15-11(14-8)16-12)13-2-3-17-4-6-21-7-5-17/h2-7,12H2,1H3,(H2,13,14,15,16). The first-order valence-corrected chi connectivity index (χ1v) is 6.65. The van der Waals surface area contributed by atoms with Crippen LogP contribution in [0.25, 0.3) is 0 Å². The van der Waals surface area contributed by atoms with E-state index in [4.69, 9.17) is 10.6 Å². The van der Waals surface area contributed by atoms with E-state index in [0.29, 0.717) is 19.8 Å². The Morgan fingerprint density at radius 1 is 1.43 bits per heavy atom. The number of nitrogen functional groups attached to an aromatic ring is 1. The second kappa shape index (κ2) is 7.11. The Labute approximate surface area is 121 Å². The SMILES string of the molecule is Cc1nc(NN)nc(NCCN2CCOCC2)c1[N+](=O)[O-]. The second-order valence-corrected chi connectivity index (χ2v) is 4.61. The van der Waals surface area contributed by atoms with Crippen LogP contribution in [0.4, 0.5) is 17.5 Å². The van der Waals surface area contributed by atoms with Crippen LogP contribution in [0.3, 0.4) is 0 Å². The van der Waals surface area contributed by atoms with Crippen molar-refractivity contribution in [3.05, 3.63) is 15.8 Å². The lowest BCUT2D eigenvalue weighted by Crippen LogP contribution is -2.39. The first-order chi connectivity index (χ1) is 10.1. The Hall–Kier alpha value is -2.04. The van der Waals surface area contributed by atoms with Gasteiger partial charge in [0.05, 0.1) is 18.1 Å². The fraction of sp³-hybridized carbons (Fsp3) is 0.636. The largest absolute Gasteiger partial charge is 0.379 e. The van der Waals surface area contributed by atoms with Crippen molar-refractivity contribution in [3.63, 3.8) is 0 Å². The summed E-state index contributed by atoms with van der Waals surface area (Å²) in [7, 11) is 0. The maximum absolute atomic E-state index is 11.1. The van der Waals surface area contributed by atoms with Crippen molar-refractivity contribution in [1.29, 1.82) is 0 Å². The van der Waals surface area contributed by atoms with E-state index in [1.54, 1.807) is 6.92 Å². The molecule has 1 aromatic rings. The highest BCUT2D eigenvalue weighted by Gasteiger charge is 2.22. The fourth-order valence-electron chi connectivity index (χ4n) is 2.13. The molecular formula is C11H19N7O3. The molecule has 10 heteroatoms. The van der Waals surface area contributed by atoms with Crippen LogP contribution >= 0.6 is 0 Å². The van der Waals surface area contributed by atoms with Crippen LogP contribution < -0.4 is 16.6 Å². The van der Waals surface area contributed by atoms with Gasteiger partial charge in [0, 0.05) is 26.2 Å². The van der Waals surface area contributed by atoms with Gasteiger partial charge in [-0.1, -0.05) is 0 Å². The third kappa shape index (κ3) is 3.97. The van der Waals surface area contributed by atoms with Gasteiger partial charge in [-0.15, -0.1) is 0 Å². The molecule has 10 nitrogen and oxygen atoms in total. The minimum Gasteiger partial charge on any atom is -0.379 e. The number of nitro groups is 1. The number of anilines is 2. The summed E-state index contributed by atoms with van der Waals surface area (Å²) in [6.07, 6.45) is 0. The van der Waals surface area contributed by atoms with Gasteiger partial charge in [0.1, 0.15) is 5.69 Å². The molecule has 0 amide bonds. The smallest absolute Gasteiger partial charge is 0.332 e. The van der Waals surface area contributed by atoms with Crippen LogP contribution in [0.15, 0.2) is 0 Å². The van der Waals surface area contributed by atoms with Gasteiger partial charge in [0.2, 0.25) is 11.8 Å². The number of hydrazine groups is 1. The summed E-state index contributed by atoms with van der Waals surface area (Å²) in [6, 6.07) is 0. The molecule has 0 aliphatic carbocycles. The molecule has 0 unspecified atom stereocenters. The van der Waals surface area contributed by atoms with Gasteiger partial charge in [-0.05, 0) is 6.92 Å². The number of rotatable bonds is 6. The van der Waals surface area contributed by atoms with Crippen LogP contribution in [0.1, 0.15) is 5.69 Å². The van der Waals surface area contributed by atoms with E-state index in [-0.39, 0.29) is 23.1 Å². The molecule has 0 spiro atoms. The molecule has 0 atom stereocenters. The number of nitrogens with one attached hydrogen (secondary N) is 2. The molecule has 1 aromatic heterocycles. The van der Waals surface area contributed by atoms with Gasteiger partial charge in [-0.25, -0.2) is 10.8 Å². The number of nitrogens with zero attached hydrogens (tertiary/aromatic N) is 4. The van der Waals surface area contributed by atoms with E-state index in [2.05, 4.69) is 25.6 Å². The summed E-state index contributed by atoms with van der Waals surface area (Å²) < 4.78 is 5.27. The van der Waals surface area contributed by atoms with Crippen LogP contribution in [-0.4, -0.2) is 59.2 Å². The minimum atomic E-state index is -0.493. The first kappa shape index (κ1) is 15.4. The highest BCUT2D eigenvalue weighted by Crippen LogP contribution is 2.25. The van der Waals surface area contributed by atoms with E-state index in [1.807, 2.05) is 0 Å². The van der Waals surface area contributed by atoms with E-state index >= 15 is 0 Å². The van der Waals surface area contributed by atoms with Crippen molar-refractivity contribution < 1.29 is 9.66 Å². The molecular weight excluding hydrogens is 278 g/mol. The highest BCUT2D eigenvalue weighted by molar-refractivity contribution is 5.60. The van der Waals surface area contributed by atoms with Crippen molar-refractivity contribution in [2.75, 3.05) is 50.1 Å². The molecule has 2 rings (SSSR count). The van der Waals surface area contributed by atoms with Crippen molar-refractivity contribution in [1.82, 2.24) is 14.9 Å². The molecule has 0 radical (unpaired) electrons. The Kier molecular flexibility index (Phi) is 5.20. The molecule has 4 N–H and O–H groups in total. The normalized spacial score (nSPS) is 15.7. The Bertz CT molecular complexity index is 505. The summed E-state index contributed by atoms with van der Waals surface area (Å²) >= 11 is 0.